The lowest BCUT2D eigenvalue weighted by Crippen LogP contribution is -1.92. The van der Waals surface area contributed by atoms with E-state index in [9.17, 15) is 0 Å². The van der Waals surface area contributed by atoms with Crippen molar-refractivity contribution in [3.8, 4) is 33.6 Å². The molecule has 5 heterocycles. The summed E-state index contributed by atoms with van der Waals surface area (Å²) in [5, 5.41) is 6.84. The molecule has 0 aliphatic heterocycles. The van der Waals surface area contributed by atoms with Gasteiger partial charge in [-0.15, -0.1) is 11.3 Å². The van der Waals surface area contributed by atoms with E-state index in [1.807, 2.05) is 41.9 Å². The average Bonchev–Trinajstić information content (AvgIpc) is 3.53. The van der Waals surface area contributed by atoms with Gasteiger partial charge in [0.25, 0.3) is 0 Å². The highest BCUT2D eigenvalue weighted by atomic mass is 32.1. The summed E-state index contributed by atoms with van der Waals surface area (Å²) < 4.78 is 2.40. The van der Waals surface area contributed by atoms with E-state index in [0.29, 0.717) is 0 Å². The summed E-state index contributed by atoms with van der Waals surface area (Å²) in [5.74, 6) is 0. The number of thiophene rings is 1. The number of pyridine rings is 4. The van der Waals surface area contributed by atoms with Crippen molar-refractivity contribution < 1.29 is 0 Å². The number of aromatic nitrogens is 4. The van der Waals surface area contributed by atoms with E-state index in [1.165, 1.54) is 20.2 Å². The van der Waals surface area contributed by atoms with E-state index in [4.69, 9.17) is 19.9 Å². The van der Waals surface area contributed by atoms with Crippen LogP contribution in [-0.4, -0.2) is 19.9 Å². The van der Waals surface area contributed by atoms with Crippen LogP contribution < -0.4 is 0 Å². The van der Waals surface area contributed by atoms with Gasteiger partial charge in [0.2, 0.25) is 0 Å². The molecule has 4 nitrogen and oxygen atoms in total. The van der Waals surface area contributed by atoms with Crippen molar-refractivity contribution in [1.29, 1.82) is 0 Å². The molecule has 0 N–H and O–H groups in total. The predicted molar refractivity (Wildman–Crippen MR) is 197 cm³/mol. The van der Waals surface area contributed by atoms with Crippen LogP contribution in [0.2, 0.25) is 0 Å². The molecule has 10 aromatic rings. The van der Waals surface area contributed by atoms with Crippen LogP contribution in [0.15, 0.2) is 146 Å². The number of hydrogen-bond acceptors (Lipinski definition) is 5. The molecule has 5 aromatic carbocycles. The van der Waals surface area contributed by atoms with Gasteiger partial charge in [0, 0.05) is 60.5 Å². The van der Waals surface area contributed by atoms with Crippen molar-refractivity contribution in [2.45, 2.75) is 0 Å². The zero-order valence-electron chi connectivity index (χ0n) is 25.1. The Labute approximate surface area is 273 Å². The van der Waals surface area contributed by atoms with E-state index in [-0.39, 0.29) is 0 Å². The molecule has 47 heavy (non-hydrogen) atoms. The predicted octanol–water partition coefficient (Wildman–Crippen LogP) is 11.2. The van der Waals surface area contributed by atoms with E-state index >= 15 is 0 Å². The van der Waals surface area contributed by atoms with Gasteiger partial charge < -0.3 is 0 Å². The molecule has 0 bridgehead atoms. The molecule has 218 valence electrons. The van der Waals surface area contributed by atoms with Gasteiger partial charge in [-0.3, -0.25) is 9.97 Å². The van der Waals surface area contributed by atoms with Crippen LogP contribution in [0.4, 0.5) is 0 Å². The lowest BCUT2D eigenvalue weighted by Gasteiger charge is -2.12. The maximum absolute atomic E-state index is 5.33. The van der Waals surface area contributed by atoms with Crippen LogP contribution in [0.5, 0.6) is 0 Å². The molecule has 0 saturated carbocycles. The van der Waals surface area contributed by atoms with Gasteiger partial charge in [0.1, 0.15) is 0 Å². The molecule has 0 saturated heterocycles. The second-order valence-electron chi connectivity index (χ2n) is 11.8. The molecule has 0 atom stereocenters. The normalized spacial score (nSPS) is 11.8. The summed E-state index contributed by atoms with van der Waals surface area (Å²) >= 11 is 1.81. The number of hydrogen-bond donors (Lipinski definition) is 0. The summed E-state index contributed by atoms with van der Waals surface area (Å²) in [7, 11) is 0. The molecule has 0 radical (unpaired) electrons. The van der Waals surface area contributed by atoms with Crippen LogP contribution >= 0.6 is 11.3 Å². The SMILES string of the molecule is c1ccc(-c2cc(-c3ccc4c(c3)sc3c(-c5ccccc5)nc5c(ccc6cccnc65)c34)c3ccc4cccnc4c3n2)cc1. The minimum absolute atomic E-state index is 0.914. The van der Waals surface area contributed by atoms with Gasteiger partial charge in [-0.2, -0.15) is 0 Å². The van der Waals surface area contributed by atoms with Gasteiger partial charge in [0.05, 0.1) is 38.2 Å². The third kappa shape index (κ3) is 4.07. The quantitative estimate of drug-likeness (QED) is 0.185. The molecule has 0 aliphatic rings. The molecule has 0 fully saturated rings. The minimum Gasteiger partial charge on any atom is -0.254 e. The van der Waals surface area contributed by atoms with Gasteiger partial charge in [0.15, 0.2) is 0 Å². The Morgan fingerprint density at radius 3 is 1.81 bits per heavy atom. The molecule has 0 aliphatic carbocycles. The van der Waals surface area contributed by atoms with Crippen molar-refractivity contribution in [2.75, 3.05) is 0 Å². The Kier molecular flexibility index (Phi) is 5.71. The minimum atomic E-state index is 0.914. The maximum atomic E-state index is 5.33. The van der Waals surface area contributed by atoms with Gasteiger partial charge in [-0.1, -0.05) is 109 Å². The van der Waals surface area contributed by atoms with Gasteiger partial charge >= 0.3 is 0 Å². The fraction of sp³-hybridized carbons (Fsp3) is 0. The first-order valence-electron chi connectivity index (χ1n) is 15.6. The smallest absolute Gasteiger partial charge is 0.0979 e. The molecular formula is C42H24N4S. The number of nitrogens with zero attached hydrogens (tertiary/aromatic N) is 4. The van der Waals surface area contributed by atoms with E-state index in [0.717, 1.165) is 77.3 Å². The van der Waals surface area contributed by atoms with E-state index in [2.05, 4.69) is 115 Å². The van der Waals surface area contributed by atoms with Crippen molar-refractivity contribution in [3.63, 3.8) is 0 Å². The third-order valence-electron chi connectivity index (χ3n) is 9.13. The first-order valence-corrected chi connectivity index (χ1v) is 16.5. The Balaban J connectivity index is 1.28. The summed E-state index contributed by atoms with van der Waals surface area (Å²) in [6.07, 6.45) is 3.71. The van der Waals surface area contributed by atoms with E-state index in [1.54, 1.807) is 0 Å². The average molecular weight is 617 g/mol. The number of benzene rings is 5. The fourth-order valence-corrected chi connectivity index (χ4v) is 8.19. The number of fused-ring (bicyclic) bond motifs is 10. The number of rotatable bonds is 3. The summed E-state index contributed by atoms with van der Waals surface area (Å²) in [5.41, 5.74) is 10.1. The molecular weight excluding hydrogens is 593 g/mol. The molecule has 0 unspecified atom stereocenters. The van der Waals surface area contributed by atoms with Crippen molar-refractivity contribution in [2.24, 2.45) is 0 Å². The maximum Gasteiger partial charge on any atom is 0.0979 e. The van der Waals surface area contributed by atoms with Gasteiger partial charge in [-0.05, 0) is 35.4 Å². The van der Waals surface area contributed by atoms with Crippen LogP contribution in [0, 0.1) is 0 Å². The van der Waals surface area contributed by atoms with Crippen LogP contribution in [0.25, 0.3) is 97.4 Å². The largest absolute Gasteiger partial charge is 0.254 e. The van der Waals surface area contributed by atoms with Crippen LogP contribution in [0.3, 0.4) is 0 Å². The Hall–Kier alpha value is -6.04. The lowest BCUT2D eigenvalue weighted by atomic mass is 9.96. The van der Waals surface area contributed by atoms with Crippen LogP contribution in [-0.2, 0) is 0 Å². The Morgan fingerprint density at radius 2 is 1.09 bits per heavy atom. The third-order valence-corrected chi connectivity index (χ3v) is 10.3. The highest BCUT2D eigenvalue weighted by Crippen LogP contribution is 2.45. The Morgan fingerprint density at radius 1 is 0.447 bits per heavy atom. The summed E-state index contributed by atoms with van der Waals surface area (Å²) in [4.78, 5) is 20.1. The van der Waals surface area contributed by atoms with Crippen molar-refractivity contribution in [3.05, 3.63) is 146 Å². The molecule has 0 spiro atoms. The standard InChI is InChI=1S/C42H24N4S/c1-3-9-25(10-4-1)34-24-33(30-18-15-27-13-7-21-43-37(27)40(30)45-34)29-17-19-31-35(23-29)47-42-36(31)32-20-16-28-14-8-22-44-38(28)41(32)46-39(42)26-11-5-2-6-12-26/h1-24H. The fourth-order valence-electron chi connectivity index (χ4n) is 6.92. The first kappa shape index (κ1) is 26.2. The zero-order valence-corrected chi connectivity index (χ0v) is 25.9. The second-order valence-corrected chi connectivity index (χ2v) is 12.9. The van der Waals surface area contributed by atoms with Gasteiger partial charge in [-0.25, -0.2) is 9.97 Å². The zero-order chi connectivity index (χ0) is 30.9. The van der Waals surface area contributed by atoms with Crippen molar-refractivity contribution >= 4 is 75.1 Å². The van der Waals surface area contributed by atoms with Crippen molar-refractivity contribution in [1.82, 2.24) is 19.9 Å². The van der Waals surface area contributed by atoms with E-state index < -0.39 is 0 Å². The molecule has 5 aromatic heterocycles. The molecule has 0 amide bonds. The summed E-state index contributed by atoms with van der Waals surface area (Å²) in [6.45, 7) is 0. The highest BCUT2D eigenvalue weighted by molar-refractivity contribution is 7.26. The topological polar surface area (TPSA) is 51.6 Å². The first-order chi connectivity index (χ1) is 23.3. The molecule has 5 heteroatoms. The Bertz CT molecular complexity index is 2840. The monoisotopic (exact) mass is 616 g/mol. The highest BCUT2D eigenvalue weighted by Gasteiger charge is 2.19. The molecule has 10 rings (SSSR count). The lowest BCUT2D eigenvalue weighted by molar-refractivity contribution is 1.37. The van der Waals surface area contributed by atoms with Crippen LogP contribution in [0.1, 0.15) is 0 Å². The summed E-state index contributed by atoms with van der Waals surface area (Å²) in [6, 6.07) is 46.9. The second kappa shape index (κ2) is 10.2.